The fourth-order valence-corrected chi connectivity index (χ4v) is 7.78. The molecule has 0 saturated carbocycles. The minimum absolute atomic E-state index is 0.221. The number of aliphatic hydroxyl groups excluding tert-OH is 1. The van der Waals surface area contributed by atoms with Crippen molar-refractivity contribution in [3.05, 3.63) is 48.0 Å². The number of unbranched alkanes of at least 4 members (excludes halogenated alkanes) is 12. The smallest absolute Gasteiger partial charge is 0.344 e. The second kappa shape index (κ2) is 20.9. The maximum atomic E-state index is 13.2. The Morgan fingerprint density at radius 1 is 0.836 bits per heavy atom. The number of carbonyl (C=O) groups is 5. The zero-order valence-electron chi connectivity index (χ0n) is 32.4. The van der Waals surface area contributed by atoms with Crippen molar-refractivity contribution in [1.29, 1.82) is 0 Å². The number of aliphatic hydroxyl groups is 2. The van der Waals surface area contributed by atoms with E-state index in [-0.39, 0.29) is 24.3 Å². The molecular formula is C41H60O14. The molecule has 5 N–H and O–H groups in total. The van der Waals surface area contributed by atoms with Gasteiger partial charge in [-0.1, -0.05) is 128 Å². The first-order valence-electron chi connectivity index (χ1n) is 19.6. The zero-order valence-corrected chi connectivity index (χ0v) is 32.4. The van der Waals surface area contributed by atoms with E-state index in [2.05, 4.69) is 13.5 Å². The molecule has 14 heteroatoms. The lowest BCUT2D eigenvalue weighted by Crippen LogP contribution is -2.78. The lowest BCUT2D eigenvalue weighted by Gasteiger charge is -2.48. The third-order valence-corrected chi connectivity index (χ3v) is 10.8. The predicted octanol–water partition coefficient (Wildman–Crippen LogP) is 5.74. The Kier molecular flexibility index (Phi) is 17.3. The molecule has 0 amide bonds. The number of hydrogen-bond acceptors (Lipinski definition) is 11. The highest BCUT2D eigenvalue weighted by molar-refractivity contribution is 5.98. The van der Waals surface area contributed by atoms with Gasteiger partial charge in [0.05, 0.1) is 0 Å². The van der Waals surface area contributed by atoms with Crippen LogP contribution in [0.4, 0.5) is 0 Å². The summed E-state index contributed by atoms with van der Waals surface area (Å²) in [4.78, 5) is 63.4. The molecular weight excluding hydrogens is 716 g/mol. The molecule has 2 bridgehead atoms. The first-order valence-corrected chi connectivity index (χ1v) is 19.6. The molecule has 3 rings (SSSR count). The molecule has 0 aliphatic carbocycles. The highest BCUT2D eigenvalue weighted by Crippen LogP contribution is 2.56. The molecule has 1 aromatic rings. The van der Waals surface area contributed by atoms with Crippen LogP contribution in [0.2, 0.25) is 0 Å². The first kappa shape index (κ1) is 45.5. The van der Waals surface area contributed by atoms with Crippen molar-refractivity contribution < 1.29 is 68.5 Å². The second-order valence-electron chi connectivity index (χ2n) is 15.1. The van der Waals surface area contributed by atoms with Gasteiger partial charge in [-0.3, -0.25) is 9.59 Å². The van der Waals surface area contributed by atoms with Crippen LogP contribution in [0.15, 0.2) is 42.5 Å². The quantitative estimate of drug-likeness (QED) is 0.0430. The number of rotatable bonds is 26. The average Bonchev–Trinajstić information content (AvgIpc) is 3.35. The molecule has 14 nitrogen and oxygen atoms in total. The van der Waals surface area contributed by atoms with E-state index in [1.807, 2.05) is 37.3 Å². The predicted molar refractivity (Wildman–Crippen MR) is 199 cm³/mol. The Morgan fingerprint density at radius 2 is 1.38 bits per heavy atom. The standard InChI is InChI=1S/C41H60O14/c1-5-6-7-8-9-10-11-12-13-14-15-16-20-23-31(43)53-34-33(44)39(54-35(36(45)46)40(51,37(47)48)41(34,55-39)38(49)50)25-24-27(2)32(52-29(4)42)28(3)26-30-21-18-17-19-22-30/h17-19,21-22,28,32-35,44,51H,2,5-16,20,23-26H2,1,3-4H3,(H,45,46)(H,47,48)(H,49,50)/t28-,32-,33-,34-,35?,39?,40?,41?/m1/s1. The Hall–Kier alpha value is -3.85. The molecule has 2 aliphatic rings. The number of ether oxygens (including phenoxy) is 4. The van der Waals surface area contributed by atoms with Gasteiger partial charge in [-0.2, -0.15) is 0 Å². The topological polar surface area (TPSA) is 223 Å². The monoisotopic (exact) mass is 776 g/mol. The summed E-state index contributed by atoms with van der Waals surface area (Å²) >= 11 is 0. The summed E-state index contributed by atoms with van der Waals surface area (Å²) in [7, 11) is 0. The van der Waals surface area contributed by atoms with Crippen molar-refractivity contribution in [3.8, 4) is 0 Å². The normalized spacial score (nSPS) is 26.8. The third kappa shape index (κ3) is 10.9. The number of aliphatic carboxylic acids is 3. The molecule has 8 atom stereocenters. The van der Waals surface area contributed by atoms with Gasteiger partial charge in [-0.25, -0.2) is 14.4 Å². The maximum Gasteiger partial charge on any atom is 0.344 e. The van der Waals surface area contributed by atoms with E-state index in [1.54, 1.807) is 0 Å². The number of carboxylic acids is 3. The molecule has 1 aromatic carbocycles. The molecule has 0 aromatic heterocycles. The highest BCUT2D eigenvalue weighted by Gasteiger charge is 2.85. The molecule has 0 radical (unpaired) electrons. The van der Waals surface area contributed by atoms with E-state index in [1.165, 1.54) is 51.9 Å². The zero-order chi connectivity index (χ0) is 40.8. The molecule has 308 valence electrons. The Labute approximate surface area is 323 Å². The minimum Gasteiger partial charge on any atom is -0.479 e. The molecule has 55 heavy (non-hydrogen) atoms. The van der Waals surface area contributed by atoms with Crippen LogP contribution in [0.5, 0.6) is 0 Å². The van der Waals surface area contributed by atoms with Gasteiger partial charge in [-0.15, -0.1) is 0 Å². The summed E-state index contributed by atoms with van der Waals surface area (Å²) in [5.74, 6) is -11.2. The van der Waals surface area contributed by atoms with Crippen molar-refractivity contribution in [2.24, 2.45) is 5.92 Å². The summed E-state index contributed by atoms with van der Waals surface area (Å²) in [6.45, 7) is 9.27. The minimum atomic E-state index is -3.87. The van der Waals surface area contributed by atoms with Crippen molar-refractivity contribution in [2.45, 2.75) is 171 Å². The van der Waals surface area contributed by atoms with Gasteiger partial charge in [0, 0.05) is 25.7 Å². The van der Waals surface area contributed by atoms with Crippen LogP contribution >= 0.6 is 0 Å². The Bertz CT molecular complexity index is 1460. The van der Waals surface area contributed by atoms with Crippen molar-refractivity contribution in [3.63, 3.8) is 0 Å². The number of esters is 2. The van der Waals surface area contributed by atoms with Gasteiger partial charge in [0.15, 0.2) is 6.10 Å². The summed E-state index contributed by atoms with van der Waals surface area (Å²) in [6, 6.07) is 9.34. The fourth-order valence-electron chi connectivity index (χ4n) is 7.78. The van der Waals surface area contributed by atoms with Gasteiger partial charge in [0.25, 0.3) is 0 Å². The summed E-state index contributed by atoms with van der Waals surface area (Å²) < 4.78 is 22.3. The van der Waals surface area contributed by atoms with Gasteiger partial charge in [-0.05, 0) is 30.4 Å². The summed E-state index contributed by atoms with van der Waals surface area (Å²) in [5, 5.41) is 53.9. The molecule has 2 saturated heterocycles. The number of fused-ring (bicyclic) bond motifs is 2. The lowest BCUT2D eigenvalue weighted by molar-refractivity contribution is -0.374. The van der Waals surface area contributed by atoms with E-state index in [0.717, 1.165) is 31.2 Å². The van der Waals surface area contributed by atoms with Gasteiger partial charge in [0.1, 0.15) is 12.2 Å². The highest BCUT2D eigenvalue weighted by atomic mass is 16.8. The number of carbonyl (C=O) groups excluding carboxylic acids is 2. The van der Waals surface area contributed by atoms with E-state index in [0.29, 0.717) is 19.3 Å². The lowest BCUT2D eigenvalue weighted by atomic mass is 9.74. The van der Waals surface area contributed by atoms with Crippen LogP contribution in [0, 0.1) is 5.92 Å². The van der Waals surface area contributed by atoms with E-state index in [9.17, 15) is 49.5 Å². The van der Waals surface area contributed by atoms with Crippen LogP contribution < -0.4 is 0 Å². The summed E-state index contributed by atoms with van der Waals surface area (Å²) in [6.07, 6.45) is 4.81. The van der Waals surface area contributed by atoms with E-state index >= 15 is 0 Å². The van der Waals surface area contributed by atoms with Gasteiger partial charge in [0.2, 0.25) is 23.1 Å². The Balaban J connectivity index is 1.75. The van der Waals surface area contributed by atoms with Crippen molar-refractivity contribution in [1.82, 2.24) is 0 Å². The van der Waals surface area contributed by atoms with Crippen LogP contribution in [0.25, 0.3) is 0 Å². The van der Waals surface area contributed by atoms with Crippen LogP contribution in [0.3, 0.4) is 0 Å². The van der Waals surface area contributed by atoms with E-state index in [4.69, 9.17) is 18.9 Å². The van der Waals surface area contributed by atoms with Crippen LogP contribution in [-0.4, -0.2) is 96.8 Å². The van der Waals surface area contributed by atoms with Crippen molar-refractivity contribution >= 4 is 29.8 Å². The average molecular weight is 777 g/mol. The molecule has 2 aliphatic heterocycles. The number of benzene rings is 1. The second-order valence-corrected chi connectivity index (χ2v) is 15.1. The number of hydrogen-bond donors (Lipinski definition) is 5. The van der Waals surface area contributed by atoms with Gasteiger partial charge < -0.3 is 44.5 Å². The van der Waals surface area contributed by atoms with Gasteiger partial charge >= 0.3 is 29.8 Å². The molecule has 2 fully saturated rings. The molecule has 0 spiro atoms. The number of carboxylic acid groups (broad SMARTS) is 3. The largest absolute Gasteiger partial charge is 0.479 e. The Morgan fingerprint density at radius 3 is 1.87 bits per heavy atom. The fraction of sp³-hybridized carbons (Fsp3) is 0.683. The SMILES string of the molecule is C=C(CCC12OC(C(=O)O)C(O)(C(=O)O)C(C(=O)O)(O1)[C@H](OC(=O)CCCCCCCCCCCCCCC)[C@H]2O)[C@@H](OC(C)=O)[C@H](C)Cc1ccccc1. The third-order valence-electron chi connectivity index (χ3n) is 10.8. The van der Waals surface area contributed by atoms with Crippen LogP contribution in [-0.2, 0) is 49.3 Å². The summed E-state index contributed by atoms with van der Waals surface area (Å²) in [5.41, 5.74) is -6.17. The molecule has 4 unspecified atom stereocenters. The van der Waals surface area contributed by atoms with Crippen molar-refractivity contribution in [2.75, 3.05) is 0 Å². The van der Waals surface area contributed by atoms with E-state index < -0.39 is 77.7 Å². The maximum absolute atomic E-state index is 13.2. The van der Waals surface area contributed by atoms with Crippen LogP contribution in [0.1, 0.15) is 129 Å². The first-order chi connectivity index (χ1) is 26.1. The molecule has 2 heterocycles.